The minimum absolute atomic E-state index is 0.311. The summed E-state index contributed by atoms with van der Waals surface area (Å²) in [6.07, 6.45) is 1.64. The molecule has 0 radical (unpaired) electrons. The van der Waals surface area contributed by atoms with Crippen molar-refractivity contribution >= 4 is 11.9 Å². The zero-order chi connectivity index (χ0) is 12.0. The molecule has 5 heteroatoms. The van der Waals surface area contributed by atoms with Gasteiger partial charge in [0.2, 0.25) is 0 Å². The van der Waals surface area contributed by atoms with E-state index in [0.29, 0.717) is 13.1 Å². The summed E-state index contributed by atoms with van der Waals surface area (Å²) < 4.78 is 4.38. The van der Waals surface area contributed by atoms with E-state index in [4.69, 9.17) is 0 Å². The highest BCUT2D eigenvalue weighted by Crippen LogP contribution is 2.01. The predicted octanol–water partition coefficient (Wildman–Crippen LogP) is 0.603. The van der Waals surface area contributed by atoms with Crippen LogP contribution in [0, 0.1) is 0 Å². The second kappa shape index (κ2) is 5.85. The highest BCUT2D eigenvalue weighted by molar-refractivity contribution is 6.32. The minimum atomic E-state index is -0.849. The lowest BCUT2D eigenvalue weighted by molar-refractivity contribution is -0.158. The van der Waals surface area contributed by atoms with E-state index in [2.05, 4.69) is 9.72 Å². The van der Waals surface area contributed by atoms with Crippen molar-refractivity contribution in [2.24, 2.45) is 0 Å². The van der Waals surface area contributed by atoms with Crippen LogP contribution in [0.4, 0.5) is 0 Å². The molecule has 0 aliphatic carbocycles. The normalized spacial score (nSPS) is 9.62. The summed E-state index contributed by atoms with van der Waals surface area (Å²) in [5, 5.41) is 0. The van der Waals surface area contributed by atoms with Crippen molar-refractivity contribution in [1.29, 1.82) is 0 Å². The molecule has 0 atom stereocenters. The van der Waals surface area contributed by atoms with E-state index in [-0.39, 0.29) is 0 Å². The van der Waals surface area contributed by atoms with Gasteiger partial charge in [-0.15, -0.1) is 0 Å². The van der Waals surface area contributed by atoms with Crippen molar-refractivity contribution in [2.45, 2.75) is 13.5 Å². The van der Waals surface area contributed by atoms with Crippen LogP contribution in [0.15, 0.2) is 24.4 Å². The smallest absolute Gasteiger partial charge is 0.396 e. The lowest BCUT2D eigenvalue weighted by Crippen LogP contribution is -2.36. The first-order valence-electron chi connectivity index (χ1n) is 4.96. The molecule has 5 nitrogen and oxygen atoms in total. The number of pyridine rings is 1. The summed E-state index contributed by atoms with van der Waals surface area (Å²) in [7, 11) is 1.19. The Balaban J connectivity index is 2.69. The molecule has 0 spiro atoms. The van der Waals surface area contributed by atoms with Crippen LogP contribution in [0.2, 0.25) is 0 Å². The summed E-state index contributed by atoms with van der Waals surface area (Å²) in [5.74, 6) is -1.49. The maximum Gasteiger partial charge on any atom is 0.396 e. The molecule has 0 aromatic carbocycles. The fourth-order valence-electron chi connectivity index (χ4n) is 1.23. The van der Waals surface area contributed by atoms with Gasteiger partial charge in [-0.25, -0.2) is 4.79 Å². The molecular formula is C11H14N2O3. The van der Waals surface area contributed by atoms with Gasteiger partial charge in [0.25, 0.3) is 0 Å². The molecule has 0 saturated heterocycles. The second-order valence-electron chi connectivity index (χ2n) is 3.13. The predicted molar refractivity (Wildman–Crippen MR) is 57.3 cm³/mol. The number of esters is 1. The van der Waals surface area contributed by atoms with Crippen molar-refractivity contribution in [3.05, 3.63) is 30.1 Å². The first-order valence-corrected chi connectivity index (χ1v) is 4.96. The number of ether oxygens (including phenoxy) is 1. The highest BCUT2D eigenvalue weighted by Gasteiger charge is 2.21. The molecular weight excluding hydrogens is 208 g/mol. The summed E-state index contributed by atoms with van der Waals surface area (Å²) in [4.78, 5) is 28.1. The van der Waals surface area contributed by atoms with E-state index in [1.807, 2.05) is 6.07 Å². The molecule has 0 saturated carbocycles. The van der Waals surface area contributed by atoms with E-state index < -0.39 is 11.9 Å². The Morgan fingerprint density at radius 1 is 1.44 bits per heavy atom. The molecule has 1 aromatic rings. The zero-order valence-electron chi connectivity index (χ0n) is 9.34. The van der Waals surface area contributed by atoms with Crippen molar-refractivity contribution in [1.82, 2.24) is 9.88 Å². The third-order valence-corrected chi connectivity index (χ3v) is 2.11. The molecule has 1 amide bonds. The first-order chi connectivity index (χ1) is 7.69. The molecule has 0 aliphatic heterocycles. The van der Waals surface area contributed by atoms with Gasteiger partial charge in [-0.2, -0.15) is 0 Å². The summed E-state index contributed by atoms with van der Waals surface area (Å²) in [5.41, 5.74) is 0.738. The van der Waals surface area contributed by atoms with Crippen LogP contribution < -0.4 is 0 Å². The van der Waals surface area contributed by atoms with Crippen LogP contribution in [0.25, 0.3) is 0 Å². The Morgan fingerprint density at radius 2 is 2.19 bits per heavy atom. The average Bonchev–Trinajstić information content (AvgIpc) is 2.35. The van der Waals surface area contributed by atoms with Gasteiger partial charge in [0.15, 0.2) is 0 Å². The van der Waals surface area contributed by atoms with Gasteiger partial charge in [-0.3, -0.25) is 9.78 Å². The number of hydrogen-bond acceptors (Lipinski definition) is 4. The summed E-state index contributed by atoms with van der Waals surface area (Å²) in [6, 6.07) is 5.42. The van der Waals surface area contributed by atoms with Gasteiger partial charge < -0.3 is 9.64 Å². The van der Waals surface area contributed by atoms with E-state index in [1.54, 1.807) is 25.3 Å². The molecule has 0 unspecified atom stereocenters. The van der Waals surface area contributed by atoms with Crippen molar-refractivity contribution < 1.29 is 14.3 Å². The third-order valence-electron chi connectivity index (χ3n) is 2.11. The van der Waals surface area contributed by atoms with Crippen molar-refractivity contribution in [3.63, 3.8) is 0 Å². The first kappa shape index (κ1) is 12.2. The van der Waals surface area contributed by atoms with Gasteiger partial charge in [0, 0.05) is 12.7 Å². The lowest BCUT2D eigenvalue weighted by atomic mass is 10.3. The molecule has 0 fully saturated rings. The van der Waals surface area contributed by atoms with E-state index in [0.717, 1.165) is 5.69 Å². The maximum atomic E-state index is 11.5. The van der Waals surface area contributed by atoms with Crippen LogP contribution in [-0.2, 0) is 20.9 Å². The Labute approximate surface area is 94.0 Å². The monoisotopic (exact) mass is 222 g/mol. The van der Waals surface area contributed by atoms with E-state index >= 15 is 0 Å². The molecule has 1 rings (SSSR count). The second-order valence-corrected chi connectivity index (χ2v) is 3.13. The Bertz CT molecular complexity index is 365. The molecule has 0 aliphatic rings. The fraction of sp³-hybridized carbons (Fsp3) is 0.364. The van der Waals surface area contributed by atoms with Crippen molar-refractivity contribution in [3.8, 4) is 0 Å². The Morgan fingerprint density at radius 3 is 2.69 bits per heavy atom. The highest BCUT2D eigenvalue weighted by atomic mass is 16.5. The zero-order valence-corrected chi connectivity index (χ0v) is 9.34. The summed E-state index contributed by atoms with van der Waals surface area (Å²) in [6.45, 7) is 2.54. The Hall–Kier alpha value is -1.91. The van der Waals surface area contributed by atoms with Gasteiger partial charge in [0.1, 0.15) is 0 Å². The number of carbonyl (C=O) groups excluding carboxylic acids is 2. The third kappa shape index (κ3) is 3.05. The molecule has 1 aromatic heterocycles. The van der Waals surface area contributed by atoms with Crippen LogP contribution in [0.5, 0.6) is 0 Å². The van der Waals surface area contributed by atoms with Crippen LogP contribution in [-0.4, -0.2) is 35.4 Å². The van der Waals surface area contributed by atoms with Gasteiger partial charge in [-0.05, 0) is 19.1 Å². The van der Waals surface area contributed by atoms with Gasteiger partial charge >= 0.3 is 11.9 Å². The number of hydrogen-bond donors (Lipinski definition) is 0. The molecule has 0 N–H and O–H groups in total. The number of rotatable bonds is 3. The molecule has 86 valence electrons. The minimum Gasteiger partial charge on any atom is -0.462 e. The number of aromatic nitrogens is 1. The van der Waals surface area contributed by atoms with Crippen LogP contribution in [0.1, 0.15) is 12.6 Å². The lowest BCUT2D eigenvalue weighted by Gasteiger charge is -2.18. The SMILES string of the molecule is CCN(Cc1ccccn1)C(=O)C(=O)OC. The largest absolute Gasteiger partial charge is 0.462 e. The molecule has 0 bridgehead atoms. The summed E-state index contributed by atoms with van der Waals surface area (Å²) >= 11 is 0. The maximum absolute atomic E-state index is 11.5. The van der Waals surface area contributed by atoms with Crippen LogP contribution >= 0.6 is 0 Å². The van der Waals surface area contributed by atoms with Crippen molar-refractivity contribution in [2.75, 3.05) is 13.7 Å². The molecule has 1 heterocycles. The number of methoxy groups -OCH3 is 1. The number of amides is 1. The molecule has 16 heavy (non-hydrogen) atoms. The van der Waals surface area contributed by atoms with Crippen LogP contribution in [0.3, 0.4) is 0 Å². The standard InChI is InChI=1S/C11H14N2O3/c1-3-13(10(14)11(15)16-2)8-9-6-4-5-7-12-9/h4-7H,3,8H2,1-2H3. The van der Waals surface area contributed by atoms with E-state index in [1.165, 1.54) is 12.0 Å². The number of nitrogens with zero attached hydrogens (tertiary/aromatic N) is 2. The van der Waals surface area contributed by atoms with E-state index in [9.17, 15) is 9.59 Å². The number of likely N-dealkylation sites (N-methyl/N-ethyl adjacent to an activating group) is 1. The topological polar surface area (TPSA) is 59.5 Å². The van der Waals surface area contributed by atoms with Gasteiger partial charge in [-0.1, -0.05) is 6.07 Å². The fourth-order valence-corrected chi connectivity index (χ4v) is 1.23. The quantitative estimate of drug-likeness (QED) is 0.555. The average molecular weight is 222 g/mol. The number of carbonyl (C=O) groups is 2. The van der Waals surface area contributed by atoms with Gasteiger partial charge in [0.05, 0.1) is 19.3 Å². The Kier molecular flexibility index (Phi) is 4.44.